The average molecular weight is 479 g/mol. The Kier molecular flexibility index (Phi) is 11.9. The number of unbranched alkanes of at least 4 members (excludes halogenated alkanes) is 7. The van der Waals surface area contributed by atoms with Crippen LogP contribution in [0.5, 0.6) is 0 Å². The van der Waals surface area contributed by atoms with Gasteiger partial charge < -0.3 is 0 Å². The molecule has 3 aromatic carbocycles. The maximum Gasteiger partial charge on any atom is 0.140 e. The fourth-order valence-electron chi connectivity index (χ4n) is 4.24. The van der Waals surface area contributed by atoms with E-state index in [0.29, 0.717) is 11.1 Å². The highest BCUT2D eigenvalue weighted by Crippen LogP contribution is 2.13. The van der Waals surface area contributed by atoms with Gasteiger partial charge in [-0.1, -0.05) is 113 Å². The first-order valence-corrected chi connectivity index (χ1v) is 13.7. The zero-order valence-electron chi connectivity index (χ0n) is 22.0. The Hall–Kier alpha value is -3.29. The van der Waals surface area contributed by atoms with Gasteiger partial charge in [0, 0.05) is 16.7 Å². The molecule has 0 saturated heterocycles. The lowest BCUT2D eigenvalue weighted by Gasteiger charge is -2.03. The zero-order valence-corrected chi connectivity index (χ0v) is 22.0. The van der Waals surface area contributed by atoms with Crippen molar-refractivity contribution >= 4 is 0 Å². The highest BCUT2D eigenvalue weighted by atomic mass is 19.1. The molecule has 186 valence electrons. The molecule has 0 amide bonds. The minimum absolute atomic E-state index is 0.334. The van der Waals surface area contributed by atoms with Crippen molar-refractivity contribution in [3.63, 3.8) is 0 Å². The third kappa shape index (κ3) is 9.76. The predicted octanol–water partition coefficient (Wildman–Crippen LogP) is 9.26. The summed E-state index contributed by atoms with van der Waals surface area (Å²) in [5.74, 6) is 11.9. The van der Waals surface area contributed by atoms with E-state index in [1.54, 1.807) is 6.07 Å². The SMILES string of the molecule is CCCCCCCCCCc1ccc(C#Cc2ccc(C#Cc3ccc(CCC)cc3)cc2F)cc1. The van der Waals surface area contributed by atoms with Gasteiger partial charge in [-0.05, 0) is 72.9 Å². The molecule has 3 aromatic rings. The minimum atomic E-state index is -0.334. The molecule has 0 aliphatic carbocycles. The van der Waals surface area contributed by atoms with Gasteiger partial charge in [-0.15, -0.1) is 0 Å². The van der Waals surface area contributed by atoms with Gasteiger partial charge in [0.05, 0.1) is 5.56 Å². The molecule has 36 heavy (non-hydrogen) atoms. The lowest BCUT2D eigenvalue weighted by Crippen LogP contribution is -1.88. The van der Waals surface area contributed by atoms with Gasteiger partial charge in [0.15, 0.2) is 0 Å². The van der Waals surface area contributed by atoms with Gasteiger partial charge in [0.1, 0.15) is 5.82 Å². The molecule has 0 nitrogen and oxygen atoms in total. The van der Waals surface area contributed by atoms with E-state index in [-0.39, 0.29) is 5.82 Å². The third-order valence-corrected chi connectivity index (χ3v) is 6.43. The Morgan fingerprint density at radius 3 is 1.58 bits per heavy atom. The van der Waals surface area contributed by atoms with Gasteiger partial charge >= 0.3 is 0 Å². The molecule has 0 saturated carbocycles. The largest absolute Gasteiger partial charge is 0.206 e. The highest BCUT2D eigenvalue weighted by Gasteiger charge is 2.01. The second-order valence-corrected chi connectivity index (χ2v) is 9.56. The molecule has 3 rings (SSSR count). The maximum atomic E-state index is 14.6. The summed E-state index contributed by atoms with van der Waals surface area (Å²) in [5.41, 5.74) is 5.55. The van der Waals surface area contributed by atoms with Gasteiger partial charge in [-0.25, -0.2) is 4.39 Å². The zero-order chi connectivity index (χ0) is 25.4. The molecule has 0 aromatic heterocycles. The van der Waals surface area contributed by atoms with Crippen molar-refractivity contribution in [2.75, 3.05) is 0 Å². The van der Waals surface area contributed by atoms with Crippen LogP contribution in [0, 0.1) is 29.5 Å². The smallest absolute Gasteiger partial charge is 0.140 e. The van der Waals surface area contributed by atoms with E-state index in [4.69, 9.17) is 0 Å². The van der Waals surface area contributed by atoms with Crippen LogP contribution in [0.2, 0.25) is 0 Å². The van der Waals surface area contributed by atoms with Crippen molar-refractivity contribution in [3.05, 3.63) is 106 Å². The lowest BCUT2D eigenvalue weighted by atomic mass is 10.0. The van der Waals surface area contributed by atoms with Crippen molar-refractivity contribution in [1.29, 1.82) is 0 Å². The first-order chi connectivity index (χ1) is 17.7. The van der Waals surface area contributed by atoms with Crippen LogP contribution in [-0.4, -0.2) is 0 Å². The number of halogens is 1. The molecule has 0 aliphatic heterocycles. The Labute approximate surface area is 218 Å². The first kappa shape index (κ1) is 27.3. The van der Waals surface area contributed by atoms with E-state index in [9.17, 15) is 4.39 Å². The number of rotatable bonds is 11. The summed E-state index contributed by atoms with van der Waals surface area (Å²) < 4.78 is 14.6. The highest BCUT2D eigenvalue weighted by molar-refractivity contribution is 5.49. The summed E-state index contributed by atoms with van der Waals surface area (Å²) in [7, 11) is 0. The van der Waals surface area contributed by atoms with Crippen molar-refractivity contribution in [2.45, 2.75) is 84.5 Å². The standard InChI is InChI=1S/C35H39F/c1-3-5-6-7-8-9-10-11-13-30-16-20-32(21-17-30)24-26-34-27-25-33(28-35(34)36)23-22-31-18-14-29(12-4-2)15-19-31/h14-21,25,27-28H,3-13H2,1-2H3. The number of hydrogen-bond acceptors (Lipinski definition) is 0. The molecule has 0 unspecified atom stereocenters. The molecule has 0 bridgehead atoms. The van der Waals surface area contributed by atoms with E-state index >= 15 is 0 Å². The summed E-state index contributed by atoms with van der Waals surface area (Å²) in [6, 6.07) is 21.6. The Morgan fingerprint density at radius 2 is 1.00 bits per heavy atom. The van der Waals surface area contributed by atoms with E-state index < -0.39 is 0 Å². The number of aryl methyl sites for hydroxylation is 2. The van der Waals surface area contributed by atoms with Crippen LogP contribution in [-0.2, 0) is 12.8 Å². The topological polar surface area (TPSA) is 0 Å². The predicted molar refractivity (Wildman–Crippen MR) is 152 cm³/mol. The number of hydrogen-bond donors (Lipinski definition) is 0. The van der Waals surface area contributed by atoms with Crippen LogP contribution in [0.15, 0.2) is 66.7 Å². The van der Waals surface area contributed by atoms with Gasteiger partial charge in [0.2, 0.25) is 0 Å². The molecule has 1 heteroatoms. The van der Waals surface area contributed by atoms with Crippen molar-refractivity contribution < 1.29 is 4.39 Å². The van der Waals surface area contributed by atoms with Crippen LogP contribution >= 0.6 is 0 Å². The summed E-state index contributed by atoms with van der Waals surface area (Å²) in [5, 5.41) is 0. The molecular weight excluding hydrogens is 439 g/mol. The first-order valence-electron chi connectivity index (χ1n) is 13.7. The van der Waals surface area contributed by atoms with E-state index in [1.807, 2.05) is 30.3 Å². The third-order valence-electron chi connectivity index (χ3n) is 6.43. The van der Waals surface area contributed by atoms with Gasteiger partial charge in [-0.3, -0.25) is 0 Å². The lowest BCUT2D eigenvalue weighted by molar-refractivity contribution is 0.575. The second kappa shape index (κ2) is 15.7. The fourth-order valence-corrected chi connectivity index (χ4v) is 4.24. The molecule has 0 fully saturated rings. The normalized spacial score (nSPS) is 10.3. The van der Waals surface area contributed by atoms with Crippen molar-refractivity contribution in [3.8, 4) is 23.7 Å². The van der Waals surface area contributed by atoms with Gasteiger partial charge in [0.25, 0.3) is 0 Å². The van der Waals surface area contributed by atoms with E-state index in [2.05, 4.69) is 61.8 Å². The minimum Gasteiger partial charge on any atom is -0.206 e. The summed E-state index contributed by atoms with van der Waals surface area (Å²) >= 11 is 0. The summed E-state index contributed by atoms with van der Waals surface area (Å²) in [4.78, 5) is 0. The van der Waals surface area contributed by atoms with Crippen LogP contribution in [0.1, 0.15) is 105 Å². The Balaban J connectivity index is 1.49. The van der Waals surface area contributed by atoms with Crippen LogP contribution in [0.4, 0.5) is 4.39 Å². The van der Waals surface area contributed by atoms with Crippen LogP contribution < -0.4 is 0 Å². The second-order valence-electron chi connectivity index (χ2n) is 9.56. The van der Waals surface area contributed by atoms with Crippen molar-refractivity contribution in [1.82, 2.24) is 0 Å². The quantitative estimate of drug-likeness (QED) is 0.190. The van der Waals surface area contributed by atoms with Crippen molar-refractivity contribution in [2.24, 2.45) is 0 Å². The summed E-state index contributed by atoms with van der Waals surface area (Å²) in [6.45, 7) is 4.43. The maximum absolute atomic E-state index is 14.6. The number of benzene rings is 3. The fraction of sp³-hybridized carbons (Fsp3) is 0.371. The molecule has 0 radical (unpaired) electrons. The average Bonchev–Trinajstić information content (AvgIpc) is 2.90. The Morgan fingerprint density at radius 1 is 0.500 bits per heavy atom. The summed E-state index contributed by atoms with van der Waals surface area (Å²) in [6.07, 6.45) is 14.0. The van der Waals surface area contributed by atoms with E-state index in [1.165, 1.54) is 68.6 Å². The molecular formula is C35H39F. The van der Waals surface area contributed by atoms with Crippen LogP contribution in [0.25, 0.3) is 0 Å². The van der Waals surface area contributed by atoms with Gasteiger partial charge in [-0.2, -0.15) is 0 Å². The Bertz CT molecular complexity index is 1180. The van der Waals surface area contributed by atoms with Crippen LogP contribution in [0.3, 0.4) is 0 Å². The molecule has 0 N–H and O–H groups in total. The monoisotopic (exact) mass is 478 g/mol. The molecule has 0 spiro atoms. The van der Waals surface area contributed by atoms with E-state index in [0.717, 1.165) is 30.4 Å². The molecule has 0 heterocycles. The molecule has 0 aliphatic rings. The molecule has 0 atom stereocenters.